The van der Waals surface area contributed by atoms with Crippen LogP contribution in [0.4, 0.5) is 0 Å². The van der Waals surface area contributed by atoms with Crippen molar-refractivity contribution in [2.75, 3.05) is 6.61 Å². The van der Waals surface area contributed by atoms with E-state index in [0.29, 0.717) is 0 Å². The maximum absolute atomic E-state index is 5.55. The van der Waals surface area contributed by atoms with E-state index < -0.39 is 0 Å². The summed E-state index contributed by atoms with van der Waals surface area (Å²) in [5.74, 6) is 0.996. The van der Waals surface area contributed by atoms with E-state index in [1.54, 1.807) is 0 Å². The lowest BCUT2D eigenvalue weighted by Crippen LogP contribution is -1.93. The Bertz CT molecular complexity index is 326. The van der Waals surface area contributed by atoms with Crippen molar-refractivity contribution in [1.29, 1.82) is 0 Å². The molecular weight excluding hydrogens is 184 g/mol. The molecule has 0 saturated heterocycles. The highest BCUT2D eigenvalue weighted by Crippen LogP contribution is 2.20. The third-order valence-electron chi connectivity index (χ3n) is 2.28. The summed E-state index contributed by atoms with van der Waals surface area (Å²) in [6.45, 7) is 7.00. The topological polar surface area (TPSA) is 9.23 Å². The summed E-state index contributed by atoms with van der Waals surface area (Å²) in [5.41, 5.74) is 2.42. The van der Waals surface area contributed by atoms with E-state index in [2.05, 4.69) is 44.2 Å². The van der Waals surface area contributed by atoms with E-state index in [1.807, 2.05) is 6.92 Å². The molecule has 0 unspecified atom stereocenters. The van der Waals surface area contributed by atoms with Crippen molar-refractivity contribution in [3.63, 3.8) is 0 Å². The van der Waals surface area contributed by atoms with Crippen LogP contribution in [0.1, 0.15) is 37.8 Å². The Morgan fingerprint density at radius 2 is 2.07 bits per heavy atom. The smallest absolute Gasteiger partial charge is 0.122 e. The predicted molar refractivity (Wildman–Crippen MR) is 66.3 cm³/mol. The van der Waals surface area contributed by atoms with Crippen molar-refractivity contribution in [2.45, 2.75) is 33.6 Å². The van der Waals surface area contributed by atoms with Crippen LogP contribution in [-0.2, 0) is 0 Å². The molecule has 0 aliphatic rings. The number of ether oxygens (including phenoxy) is 1. The molecule has 0 N–H and O–H groups in total. The Morgan fingerprint density at radius 1 is 1.27 bits per heavy atom. The molecule has 0 radical (unpaired) electrons. The van der Waals surface area contributed by atoms with E-state index in [-0.39, 0.29) is 0 Å². The Labute approximate surface area is 92.8 Å². The Kier molecular flexibility index (Phi) is 4.96. The summed E-state index contributed by atoms with van der Waals surface area (Å²) < 4.78 is 5.55. The summed E-state index contributed by atoms with van der Waals surface area (Å²) in [5, 5.41) is 0. The van der Waals surface area contributed by atoms with Crippen molar-refractivity contribution >= 4 is 6.08 Å². The third kappa shape index (κ3) is 3.78. The van der Waals surface area contributed by atoms with Crippen LogP contribution in [-0.4, -0.2) is 6.61 Å². The van der Waals surface area contributed by atoms with Gasteiger partial charge < -0.3 is 4.74 Å². The van der Waals surface area contributed by atoms with Gasteiger partial charge in [-0.2, -0.15) is 0 Å². The summed E-state index contributed by atoms with van der Waals surface area (Å²) in [4.78, 5) is 0. The number of hydrogen-bond acceptors (Lipinski definition) is 1. The number of benzene rings is 1. The van der Waals surface area contributed by atoms with Gasteiger partial charge >= 0.3 is 0 Å². The van der Waals surface area contributed by atoms with Gasteiger partial charge in [-0.05, 0) is 37.5 Å². The van der Waals surface area contributed by atoms with Gasteiger partial charge in [-0.25, -0.2) is 0 Å². The summed E-state index contributed by atoms with van der Waals surface area (Å²) in [6, 6.07) is 6.34. The zero-order valence-corrected chi connectivity index (χ0v) is 9.92. The van der Waals surface area contributed by atoms with Gasteiger partial charge in [0.2, 0.25) is 0 Å². The fourth-order valence-corrected chi connectivity index (χ4v) is 1.42. The third-order valence-corrected chi connectivity index (χ3v) is 2.28. The van der Waals surface area contributed by atoms with E-state index >= 15 is 0 Å². The lowest BCUT2D eigenvalue weighted by molar-refractivity contribution is 0.338. The normalized spacial score (nSPS) is 10.9. The molecule has 0 aromatic heterocycles. The lowest BCUT2D eigenvalue weighted by Gasteiger charge is -2.07. The zero-order chi connectivity index (χ0) is 11.1. The molecule has 0 saturated carbocycles. The van der Waals surface area contributed by atoms with Crippen LogP contribution in [0.2, 0.25) is 0 Å². The second kappa shape index (κ2) is 6.28. The van der Waals surface area contributed by atoms with Gasteiger partial charge in [0.25, 0.3) is 0 Å². The van der Waals surface area contributed by atoms with Gasteiger partial charge in [-0.1, -0.05) is 37.6 Å². The molecule has 0 bridgehead atoms. The molecule has 1 heteroatoms. The number of rotatable bonds is 5. The lowest BCUT2D eigenvalue weighted by atomic mass is 10.1. The molecule has 0 heterocycles. The van der Waals surface area contributed by atoms with Crippen LogP contribution < -0.4 is 4.74 Å². The van der Waals surface area contributed by atoms with Crippen LogP contribution in [0.3, 0.4) is 0 Å². The van der Waals surface area contributed by atoms with E-state index in [4.69, 9.17) is 4.74 Å². The quantitative estimate of drug-likeness (QED) is 0.698. The minimum atomic E-state index is 0.725. The van der Waals surface area contributed by atoms with Crippen LogP contribution >= 0.6 is 0 Å². The molecule has 0 atom stereocenters. The highest BCUT2D eigenvalue weighted by Gasteiger charge is 1.98. The highest BCUT2D eigenvalue weighted by molar-refractivity contribution is 5.53. The number of unbranched alkanes of at least 4 members (excludes halogenated alkanes) is 1. The zero-order valence-electron chi connectivity index (χ0n) is 9.92. The summed E-state index contributed by atoms with van der Waals surface area (Å²) >= 11 is 0. The molecule has 1 aromatic rings. The summed E-state index contributed by atoms with van der Waals surface area (Å²) in [6.07, 6.45) is 6.70. The number of allylic oxidation sites excluding steroid dienone is 1. The highest BCUT2D eigenvalue weighted by atomic mass is 16.5. The van der Waals surface area contributed by atoms with E-state index in [1.165, 1.54) is 17.5 Å². The van der Waals surface area contributed by atoms with Crippen LogP contribution in [0, 0.1) is 6.92 Å². The first-order chi connectivity index (χ1) is 7.27. The predicted octanol–water partition coefficient (Wildman–Crippen LogP) is 4.21. The van der Waals surface area contributed by atoms with Crippen molar-refractivity contribution in [2.24, 2.45) is 0 Å². The van der Waals surface area contributed by atoms with Gasteiger partial charge in [0.1, 0.15) is 5.75 Å². The molecule has 82 valence electrons. The fraction of sp³-hybridized carbons (Fsp3) is 0.429. The Hall–Kier alpha value is -1.24. The molecule has 1 nitrogen and oxygen atoms in total. The Morgan fingerprint density at radius 3 is 2.73 bits per heavy atom. The van der Waals surface area contributed by atoms with E-state index in [9.17, 15) is 0 Å². The van der Waals surface area contributed by atoms with Crippen LogP contribution in [0.15, 0.2) is 24.3 Å². The molecule has 0 aliphatic carbocycles. The van der Waals surface area contributed by atoms with Crippen molar-refractivity contribution in [3.05, 3.63) is 35.4 Å². The molecule has 0 fully saturated rings. The molecule has 15 heavy (non-hydrogen) atoms. The average molecular weight is 204 g/mol. The van der Waals surface area contributed by atoms with Gasteiger partial charge in [-0.15, -0.1) is 0 Å². The number of hydrogen-bond donors (Lipinski definition) is 0. The molecule has 1 aromatic carbocycles. The van der Waals surface area contributed by atoms with Crippen LogP contribution in [0.25, 0.3) is 6.08 Å². The first-order valence-electron chi connectivity index (χ1n) is 5.68. The van der Waals surface area contributed by atoms with Crippen molar-refractivity contribution in [3.8, 4) is 5.75 Å². The van der Waals surface area contributed by atoms with E-state index in [0.717, 1.165) is 18.8 Å². The van der Waals surface area contributed by atoms with Crippen molar-refractivity contribution in [1.82, 2.24) is 0 Å². The monoisotopic (exact) mass is 204 g/mol. The molecule has 0 aliphatic heterocycles. The number of aryl methyl sites for hydroxylation is 1. The van der Waals surface area contributed by atoms with Gasteiger partial charge in [0, 0.05) is 0 Å². The average Bonchev–Trinajstić information content (AvgIpc) is 2.23. The molecule has 0 amide bonds. The maximum Gasteiger partial charge on any atom is 0.122 e. The second-order valence-corrected chi connectivity index (χ2v) is 3.65. The van der Waals surface area contributed by atoms with Gasteiger partial charge in [0.15, 0.2) is 0 Å². The van der Waals surface area contributed by atoms with Gasteiger partial charge in [0.05, 0.1) is 6.61 Å². The van der Waals surface area contributed by atoms with Crippen LogP contribution in [0.5, 0.6) is 5.75 Å². The fourth-order valence-electron chi connectivity index (χ4n) is 1.42. The van der Waals surface area contributed by atoms with Gasteiger partial charge in [-0.3, -0.25) is 0 Å². The molecular formula is C14H20O. The first kappa shape index (κ1) is 11.8. The SMILES string of the molecule is CCC/C=C/c1ccc(C)c(OCC)c1. The summed E-state index contributed by atoms with van der Waals surface area (Å²) in [7, 11) is 0. The Balaban J connectivity index is 2.77. The second-order valence-electron chi connectivity index (χ2n) is 3.65. The maximum atomic E-state index is 5.55. The molecule has 1 rings (SSSR count). The first-order valence-corrected chi connectivity index (χ1v) is 5.68. The largest absolute Gasteiger partial charge is 0.494 e. The standard InChI is InChI=1S/C14H20O/c1-4-6-7-8-13-10-9-12(3)14(11-13)15-5-2/h7-11H,4-6H2,1-3H3/b8-7+. The molecule has 0 spiro atoms. The van der Waals surface area contributed by atoms with Crippen molar-refractivity contribution < 1.29 is 4.74 Å². The minimum absolute atomic E-state index is 0.725. The minimum Gasteiger partial charge on any atom is -0.494 e.